The number of aliphatic hydroxyl groups is 1. The fourth-order valence-electron chi connectivity index (χ4n) is 0.818. The van der Waals surface area contributed by atoms with E-state index in [9.17, 15) is 9.90 Å². The molecule has 4 nitrogen and oxygen atoms in total. The fraction of sp³-hybridized carbons (Fsp3) is 0.375. The highest BCUT2D eigenvalue weighted by Crippen LogP contribution is 2.17. The summed E-state index contributed by atoms with van der Waals surface area (Å²) in [5.41, 5.74) is 0. The van der Waals surface area contributed by atoms with Gasteiger partial charge in [0.05, 0.1) is 13.0 Å². The number of esters is 1. The van der Waals surface area contributed by atoms with Gasteiger partial charge in [0, 0.05) is 0 Å². The molecule has 1 heterocycles. The van der Waals surface area contributed by atoms with Crippen molar-refractivity contribution >= 4 is 17.6 Å². The minimum absolute atomic E-state index is 0.0220. The number of halogens is 1. The van der Waals surface area contributed by atoms with Crippen molar-refractivity contribution in [3.05, 3.63) is 23.7 Å². The molecular formula is C8H9ClO4. The topological polar surface area (TPSA) is 59.7 Å². The van der Waals surface area contributed by atoms with E-state index < -0.39 is 12.1 Å². The number of alkyl halides is 1. The van der Waals surface area contributed by atoms with Crippen LogP contribution in [-0.2, 0) is 4.74 Å². The molecule has 0 spiro atoms. The highest BCUT2D eigenvalue weighted by Gasteiger charge is 2.15. The van der Waals surface area contributed by atoms with Gasteiger partial charge in [-0.05, 0) is 12.1 Å². The summed E-state index contributed by atoms with van der Waals surface area (Å²) in [5.74, 6) is -0.237. The summed E-state index contributed by atoms with van der Waals surface area (Å²) < 4.78 is 9.40. The Hall–Kier alpha value is -1.00. The van der Waals surface area contributed by atoms with Crippen LogP contribution in [0.2, 0.25) is 0 Å². The molecule has 0 saturated heterocycles. The number of hydrogen-bond donors (Lipinski definition) is 1. The first-order chi connectivity index (χ1) is 6.19. The molecule has 72 valence electrons. The van der Waals surface area contributed by atoms with Gasteiger partial charge in [0.15, 0.2) is 0 Å². The van der Waals surface area contributed by atoms with E-state index in [1.54, 1.807) is 0 Å². The molecule has 1 aromatic rings. The lowest BCUT2D eigenvalue weighted by molar-refractivity contribution is 0.0557. The first-order valence-corrected chi connectivity index (χ1v) is 4.14. The van der Waals surface area contributed by atoms with Gasteiger partial charge in [0.2, 0.25) is 5.76 Å². The first-order valence-electron chi connectivity index (χ1n) is 3.61. The summed E-state index contributed by atoms with van der Waals surface area (Å²) in [4.78, 5) is 10.9. The van der Waals surface area contributed by atoms with E-state index in [-0.39, 0.29) is 17.4 Å². The molecule has 1 unspecified atom stereocenters. The van der Waals surface area contributed by atoms with E-state index in [0.717, 1.165) is 0 Å². The summed E-state index contributed by atoms with van der Waals surface area (Å²) in [6, 6.07) is 2.91. The van der Waals surface area contributed by atoms with Crippen LogP contribution in [0.15, 0.2) is 16.5 Å². The summed E-state index contributed by atoms with van der Waals surface area (Å²) in [7, 11) is 1.25. The van der Waals surface area contributed by atoms with Crippen molar-refractivity contribution in [2.75, 3.05) is 13.0 Å². The van der Waals surface area contributed by atoms with Gasteiger partial charge in [-0.3, -0.25) is 0 Å². The number of rotatable bonds is 3. The highest BCUT2D eigenvalue weighted by molar-refractivity contribution is 6.18. The van der Waals surface area contributed by atoms with Gasteiger partial charge in [-0.15, -0.1) is 11.6 Å². The Bertz CT molecular complexity index is 294. The van der Waals surface area contributed by atoms with Crippen molar-refractivity contribution in [2.24, 2.45) is 0 Å². The highest BCUT2D eigenvalue weighted by atomic mass is 35.5. The molecule has 0 amide bonds. The Kier molecular flexibility index (Phi) is 3.33. The molecule has 1 atom stereocenters. The lowest BCUT2D eigenvalue weighted by atomic mass is 10.3. The molecule has 0 fully saturated rings. The van der Waals surface area contributed by atoms with E-state index in [1.807, 2.05) is 0 Å². The van der Waals surface area contributed by atoms with Gasteiger partial charge >= 0.3 is 5.97 Å². The largest absolute Gasteiger partial charge is 0.463 e. The van der Waals surface area contributed by atoms with Crippen molar-refractivity contribution in [3.8, 4) is 0 Å². The molecule has 0 radical (unpaired) electrons. The van der Waals surface area contributed by atoms with Crippen LogP contribution in [0.25, 0.3) is 0 Å². The molecule has 1 rings (SSSR count). The molecule has 1 N–H and O–H groups in total. The number of aliphatic hydroxyl groups excluding tert-OH is 1. The van der Waals surface area contributed by atoms with Gasteiger partial charge in [-0.2, -0.15) is 0 Å². The van der Waals surface area contributed by atoms with Gasteiger partial charge in [-0.25, -0.2) is 4.79 Å². The Balaban J connectivity index is 2.80. The van der Waals surface area contributed by atoms with Crippen LogP contribution in [0.3, 0.4) is 0 Å². The SMILES string of the molecule is COC(=O)c1ccc(C(O)CCl)o1. The van der Waals surface area contributed by atoms with Crippen molar-refractivity contribution in [2.45, 2.75) is 6.10 Å². The minimum atomic E-state index is -0.889. The van der Waals surface area contributed by atoms with Crippen LogP contribution < -0.4 is 0 Å². The van der Waals surface area contributed by atoms with E-state index in [0.29, 0.717) is 0 Å². The van der Waals surface area contributed by atoms with Crippen molar-refractivity contribution in [1.29, 1.82) is 0 Å². The second-order valence-electron chi connectivity index (χ2n) is 2.36. The van der Waals surface area contributed by atoms with Crippen LogP contribution in [0, 0.1) is 0 Å². The number of carbonyl (C=O) groups is 1. The standard InChI is InChI=1S/C8H9ClO4/c1-12-8(11)7-3-2-6(13-7)5(10)4-9/h2-3,5,10H,4H2,1H3. The lowest BCUT2D eigenvalue weighted by Gasteiger charge is -2.00. The maximum Gasteiger partial charge on any atom is 0.373 e. The summed E-state index contributed by atoms with van der Waals surface area (Å²) in [5, 5.41) is 9.22. The third-order valence-electron chi connectivity index (χ3n) is 1.49. The first kappa shape index (κ1) is 10.1. The average Bonchev–Trinajstić information content (AvgIpc) is 2.64. The second kappa shape index (κ2) is 4.30. The number of methoxy groups -OCH3 is 1. The summed E-state index contributed by atoms with van der Waals surface area (Å²) >= 11 is 5.38. The van der Waals surface area contributed by atoms with Gasteiger partial charge in [0.25, 0.3) is 0 Å². The van der Waals surface area contributed by atoms with Gasteiger partial charge in [0.1, 0.15) is 11.9 Å². The molecule has 5 heteroatoms. The van der Waals surface area contributed by atoms with Crippen molar-refractivity contribution in [3.63, 3.8) is 0 Å². The Morgan fingerprint density at radius 2 is 2.46 bits per heavy atom. The number of carbonyl (C=O) groups excluding carboxylic acids is 1. The van der Waals surface area contributed by atoms with Gasteiger partial charge < -0.3 is 14.3 Å². The summed E-state index contributed by atoms with van der Waals surface area (Å²) in [6.07, 6.45) is -0.889. The van der Waals surface area contributed by atoms with Gasteiger partial charge in [-0.1, -0.05) is 0 Å². The summed E-state index contributed by atoms with van der Waals surface area (Å²) in [6.45, 7) is 0. The maximum absolute atomic E-state index is 10.9. The monoisotopic (exact) mass is 204 g/mol. The van der Waals surface area contributed by atoms with E-state index in [2.05, 4.69) is 4.74 Å². The van der Waals surface area contributed by atoms with Crippen LogP contribution in [0.5, 0.6) is 0 Å². The third-order valence-corrected chi connectivity index (χ3v) is 1.78. The van der Waals surface area contributed by atoms with E-state index in [4.69, 9.17) is 16.0 Å². The molecule has 0 aliphatic carbocycles. The van der Waals surface area contributed by atoms with Crippen molar-refractivity contribution in [1.82, 2.24) is 0 Å². The average molecular weight is 205 g/mol. The fourth-order valence-corrected chi connectivity index (χ4v) is 0.970. The van der Waals surface area contributed by atoms with Crippen LogP contribution >= 0.6 is 11.6 Å². The zero-order valence-electron chi connectivity index (χ0n) is 6.99. The number of ether oxygens (including phenoxy) is 1. The molecule has 13 heavy (non-hydrogen) atoms. The molecule has 0 bridgehead atoms. The van der Waals surface area contributed by atoms with Crippen molar-refractivity contribution < 1.29 is 19.1 Å². The second-order valence-corrected chi connectivity index (χ2v) is 2.67. The normalized spacial score (nSPS) is 12.5. The predicted octanol–water partition coefficient (Wildman–Crippen LogP) is 1.34. The van der Waals surface area contributed by atoms with Crippen LogP contribution in [-0.4, -0.2) is 24.1 Å². The molecular weight excluding hydrogens is 196 g/mol. The molecule has 0 aliphatic rings. The van der Waals surface area contributed by atoms with Crippen LogP contribution in [0.1, 0.15) is 22.4 Å². The van der Waals surface area contributed by atoms with E-state index >= 15 is 0 Å². The molecule has 0 aliphatic heterocycles. The quantitative estimate of drug-likeness (QED) is 0.596. The minimum Gasteiger partial charge on any atom is -0.463 e. The van der Waals surface area contributed by atoms with Crippen LogP contribution in [0.4, 0.5) is 0 Å². The Labute approximate surface area is 80.1 Å². The zero-order chi connectivity index (χ0) is 9.84. The smallest absolute Gasteiger partial charge is 0.373 e. The molecule has 0 saturated carbocycles. The number of hydrogen-bond acceptors (Lipinski definition) is 4. The predicted molar refractivity (Wildman–Crippen MR) is 45.7 cm³/mol. The zero-order valence-corrected chi connectivity index (χ0v) is 7.75. The molecule has 1 aromatic heterocycles. The maximum atomic E-state index is 10.9. The lowest BCUT2D eigenvalue weighted by Crippen LogP contribution is -1.99. The molecule has 0 aromatic carbocycles. The Morgan fingerprint density at radius 3 is 3.00 bits per heavy atom. The Morgan fingerprint density at radius 1 is 1.77 bits per heavy atom. The number of furan rings is 1. The van der Waals surface area contributed by atoms with E-state index in [1.165, 1.54) is 19.2 Å². The third kappa shape index (κ3) is 2.23.